The second-order valence-corrected chi connectivity index (χ2v) is 4.40. The van der Waals surface area contributed by atoms with Gasteiger partial charge in [-0.3, -0.25) is 0 Å². The number of quaternary nitrogens is 2. The number of carbonyl (C=O) groups is 1. The van der Waals surface area contributed by atoms with E-state index in [1.165, 1.54) is 4.90 Å². The third kappa shape index (κ3) is 5.94. The molecule has 0 rings (SSSR count). The van der Waals surface area contributed by atoms with Gasteiger partial charge in [0.05, 0.1) is 40.7 Å². The fourth-order valence-electron chi connectivity index (χ4n) is 1.47. The molecule has 0 aromatic heterocycles. The first kappa shape index (κ1) is 13.4. The zero-order chi connectivity index (χ0) is 11.1. The van der Waals surface area contributed by atoms with Gasteiger partial charge in [0, 0.05) is 6.42 Å². The topological polar surface area (TPSA) is 49.0 Å². The van der Waals surface area contributed by atoms with E-state index in [4.69, 9.17) is 0 Å². The number of carboxylic acid groups (broad SMARTS) is 1. The average molecular weight is 203 g/mol. The molecule has 0 aliphatic carbocycles. The van der Waals surface area contributed by atoms with Crippen molar-refractivity contribution in [1.82, 2.24) is 0 Å². The van der Waals surface area contributed by atoms with Crippen LogP contribution in [0.2, 0.25) is 0 Å². The van der Waals surface area contributed by atoms with E-state index in [-0.39, 0.29) is 6.04 Å². The molecule has 0 aliphatic rings. The van der Waals surface area contributed by atoms with Crippen molar-refractivity contribution >= 4 is 5.97 Å². The summed E-state index contributed by atoms with van der Waals surface area (Å²) in [6, 6.07) is -0.354. The number of hydrogen-bond acceptors (Lipinski definition) is 2. The van der Waals surface area contributed by atoms with Gasteiger partial charge in [-0.05, 0) is 12.8 Å². The first-order valence-electron chi connectivity index (χ1n) is 5.25. The maximum Gasteiger partial charge on any atom is 0.127 e. The number of carbonyl (C=O) groups excluding carboxylic acids is 1. The Bertz CT molecular complexity index is 170. The van der Waals surface area contributed by atoms with Crippen molar-refractivity contribution in [2.75, 3.05) is 34.7 Å². The summed E-state index contributed by atoms with van der Waals surface area (Å²) in [4.78, 5) is 13.1. The van der Waals surface area contributed by atoms with Gasteiger partial charge in [-0.15, -0.1) is 0 Å². The molecule has 0 saturated carbocycles. The van der Waals surface area contributed by atoms with Gasteiger partial charge >= 0.3 is 0 Å². The van der Waals surface area contributed by atoms with Crippen LogP contribution in [0.3, 0.4) is 0 Å². The minimum absolute atomic E-state index is 0.354. The van der Waals surface area contributed by atoms with Crippen LogP contribution >= 0.6 is 0 Å². The van der Waals surface area contributed by atoms with E-state index < -0.39 is 5.97 Å². The zero-order valence-corrected chi connectivity index (χ0v) is 9.72. The summed E-state index contributed by atoms with van der Waals surface area (Å²) in [5.41, 5.74) is 0. The molecule has 0 aromatic carbocycles. The summed E-state index contributed by atoms with van der Waals surface area (Å²) >= 11 is 0. The van der Waals surface area contributed by atoms with Crippen LogP contribution in [-0.2, 0) is 4.79 Å². The Morgan fingerprint density at radius 3 is 2.14 bits per heavy atom. The van der Waals surface area contributed by atoms with E-state index in [0.717, 1.165) is 30.7 Å². The zero-order valence-electron chi connectivity index (χ0n) is 9.72. The van der Waals surface area contributed by atoms with Crippen molar-refractivity contribution in [3.05, 3.63) is 0 Å². The predicted octanol–water partition coefficient (Wildman–Crippen LogP) is -3.44. The lowest BCUT2D eigenvalue weighted by Crippen LogP contribution is -3.11. The highest BCUT2D eigenvalue weighted by Crippen LogP contribution is 1.96. The lowest BCUT2D eigenvalue weighted by molar-refractivity contribution is -0.879. The van der Waals surface area contributed by atoms with E-state index in [2.05, 4.69) is 14.1 Å². The Morgan fingerprint density at radius 2 is 1.79 bits per heavy atom. The average Bonchev–Trinajstić information content (AvgIpc) is 2.01. The Labute approximate surface area is 86.5 Å². The molecule has 0 amide bonds. The van der Waals surface area contributed by atoms with Gasteiger partial charge in [-0.25, -0.2) is 0 Å². The lowest BCUT2D eigenvalue weighted by atomic mass is 10.1. The molecule has 0 heterocycles. The predicted molar refractivity (Wildman–Crippen MR) is 53.1 cm³/mol. The van der Waals surface area contributed by atoms with Crippen molar-refractivity contribution in [3.8, 4) is 0 Å². The quantitative estimate of drug-likeness (QED) is 0.423. The SMILES string of the molecule is C[NH+](C)CCCCC(C(=O)[O-])[NH+](C)C. The van der Waals surface area contributed by atoms with Gasteiger partial charge in [-0.1, -0.05) is 0 Å². The van der Waals surface area contributed by atoms with E-state index in [1.54, 1.807) is 0 Å². The lowest BCUT2D eigenvalue weighted by Gasteiger charge is -2.22. The number of unbranched alkanes of at least 4 members (excludes halogenated alkanes) is 1. The number of rotatable bonds is 7. The van der Waals surface area contributed by atoms with Gasteiger partial charge < -0.3 is 19.7 Å². The Hall–Kier alpha value is -0.610. The summed E-state index contributed by atoms with van der Waals surface area (Å²) in [6.45, 7) is 1.10. The van der Waals surface area contributed by atoms with Crippen LogP contribution in [0.1, 0.15) is 19.3 Å². The monoisotopic (exact) mass is 203 g/mol. The van der Waals surface area contributed by atoms with Crippen LogP contribution in [0, 0.1) is 0 Å². The normalized spacial score (nSPS) is 13.6. The van der Waals surface area contributed by atoms with Crippen LogP contribution in [-0.4, -0.2) is 46.7 Å². The van der Waals surface area contributed by atoms with Gasteiger partial charge in [0.25, 0.3) is 0 Å². The maximum absolute atomic E-state index is 10.7. The number of aliphatic carboxylic acids is 1. The van der Waals surface area contributed by atoms with Gasteiger partial charge in [0.2, 0.25) is 0 Å². The minimum Gasteiger partial charge on any atom is -0.544 e. The van der Waals surface area contributed by atoms with Crippen LogP contribution in [0.15, 0.2) is 0 Å². The third-order valence-corrected chi connectivity index (χ3v) is 2.40. The van der Waals surface area contributed by atoms with Crippen LogP contribution in [0.4, 0.5) is 0 Å². The van der Waals surface area contributed by atoms with Crippen molar-refractivity contribution in [2.45, 2.75) is 25.3 Å². The number of likely N-dealkylation sites (N-methyl/N-ethyl adjacent to an activating group) is 1. The molecule has 0 aliphatic heterocycles. The van der Waals surface area contributed by atoms with Crippen molar-refractivity contribution in [3.63, 3.8) is 0 Å². The third-order valence-electron chi connectivity index (χ3n) is 2.40. The molecule has 2 N–H and O–H groups in total. The Morgan fingerprint density at radius 1 is 1.21 bits per heavy atom. The highest BCUT2D eigenvalue weighted by Gasteiger charge is 2.15. The van der Waals surface area contributed by atoms with Gasteiger partial charge in [0.15, 0.2) is 0 Å². The van der Waals surface area contributed by atoms with Crippen molar-refractivity contribution < 1.29 is 19.7 Å². The highest BCUT2D eigenvalue weighted by atomic mass is 16.4. The highest BCUT2D eigenvalue weighted by molar-refractivity contribution is 5.69. The largest absolute Gasteiger partial charge is 0.544 e. The van der Waals surface area contributed by atoms with Crippen LogP contribution in [0.5, 0.6) is 0 Å². The second-order valence-electron chi connectivity index (χ2n) is 4.40. The first-order chi connectivity index (χ1) is 6.45. The van der Waals surface area contributed by atoms with E-state index in [1.807, 2.05) is 14.1 Å². The van der Waals surface area contributed by atoms with Crippen LogP contribution < -0.4 is 14.9 Å². The molecule has 84 valence electrons. The second kappa shape index (κ2) is 6.79. The van der Waals surface area contributed by atoms with E-state index >= 15 is 0 Å². The standard InChI is InChI=1S/C10H22N2O2/c1-11(2)8-6-5-7-9(10(13)14)12(3)4/h9H,5-8H2,1-4H3,(H,13,14)/p+1. The summed E-state index contributed by atoms with van der Waals surface area (Å²) in [6.07, 6.45) is 2.77. The van der Waals surface area contributed by atoms with Crippen LogP contribution in [0.25, 0.3) is 0 Å². The number of hydrogen-bond donors (Lipinski definition) is 2. The molecule has 0 spiro atoms. The fourth-order valence-corrected chi connectivity index (χ4v) is 1.47. The molecule has 1 atom stereocenters. The molecule has 4 nitrogen and oxygen atoms in total. The Kier molecular flexibility index (Phi) is 6.49. The fraction of sp³-hybridized carbons (Fsp3) is 0.900. The molecule has 4 heteroatoms. The van der Waals surface area contributed by atoms with E-state index in [0.29, 0.717) is 0 Å². The summed E-state index contributed by atoms with van der Waals surface area (Å²) in [5, 5.41) is 10.7. The van der Waals surface area contributed by atoms with Crippen molar-refractivity contribution in [1.29, 1.82) is 0 Å². The molecule has 1 unspecified atom stereocenters. The Balaban J connectivity index is 3.67. The molecule has 0 aromatic rings. The van der Waals surface area contributed by atoms with Gasteiger partial charge in [0.1, 0.15) is 6.04 Å². The number of carboxylic acids is 1. The molecular weight excluding hydrogens is 180 g/mol. The molecule has 14 heavy (non-hydrogen) atoms. The minimum atomic E-state index is -0.929. The summed E-state index contributed by atoms with van der Waals surface area (Å²) in [7, 11) is 7.93. The molecule has 0 radical (unpaired) electrons. The van der Waals surface area contributed by atoms with Gasteiger partial charge in [-0.2, -0.15) is 0 Å². The summed E-state index contributed by atoms with van der Waals surface area (Å²) < 4.78 is 0. The van der Waals surface area contributed by atoms with Crippen molar-refractivity contribution in [2.24, 2.45) is 0 Å². The maximum atomic E-state index is 10.7. The molecule has 0 bridgehead atoms. The molecular formula is C10H23N2O2+. The molecule has 0 fully saturated rings. The summed E-state index contributed by atoms with van der Waals surface area (Å²) in [5.74, 6) is -0.929. The smallest absolute Gasteiger partial charge is 0.127 e. The van der Waals surface area contributed by atoms with E-state index in [9.17, 15) is 9.90 Å². The first-order valence-corrected chi connectivity index (χ1v) is 5.25. The number of nitrogens with one attached hydrogen (secondary N) is 2. The molecule has 0 saturated heterocycles.